The lowest BCUT2D eigenvalue weighted by Gasteiger charge is -2.14. The molecule has 2 aromatic heterocycles. The van der Waals surface area contributed by atoms with Crippen LogP contribution in [-0.2, 0) is 0 Å². The monoisotopic (exact) mass is 357 g/mol. The second-order valence-electron chi connectivity index (χ2n) is 5.90. The molecule has 25 heavy (non-hydrogen) atoms. The maximum atomic E-state index is 12.6. The van der Waals surface area contributed by atoms with Crippen LogP contribution in [0, 0.1) is 13.8 Å². The molecule has 3 rings (SSSR count). The Morgan fingerprint density at radius 2 is 2.08 bits per heavy atom. The second kappa shape index (κ2) is 6.68. The number of nitrogens with one attached hydrogen (secondary N) is 1. The molecule has 6 nitrogen and oxygen atoms in total. The third-order valence-corrected chi connectivity index (χ3v) is 4.99. The molecule has 0 saturated heterocycles. The normalized spacial score (nSPS) is 12.2. The fourth-order valence-electron chi connectivity index (χ4n) is 2.73. The Bertz CT molecular complexity index is 1010. The molecule has 1 N–H and O–H groups in total. The van der Waals surface area contributed by atoms with Gasteiger partial charge < -0.3 is 10.1 Å². The van der Waals surface area contributed by atoms with Crippen LogP contribution in [0.25, 0.3) is 10.2 Å². The van der Waals surface area contributed by atoms with Crippen LogP contribution in [0.4, 0.5) is 4.79 Å². The summed E-state index contributed by atoms with van der Waals surface area (Å²) < 4.78 is 6.33. The van der Waals surface area contributed by atoms with Gasteiger partial charge in [-0.25, -0.2) is 9.78 Å². The molecule has 130 valence electrons. The lowest BCUT2D eigenvalue weighted by molar-refractivity contribution is 0.241. The van der Waals surface area contributed by atoms with Crippen molar-refractivity contribution in [2.75, 3.05) is 7.11 Å². The number of carbonyl (C=O) groups excluding carboxylic acids is 1. The summed E-state index contributed by atoms with van der Waals surface area (Å²) in [5.74, 6) is 0.716. The van der Waals surface area contributed by atoms with E-state index in [-0.39, 0.29) is 11.6 Å². The number of hydrogen-bond donors (Lipinski definition) is 1. The van der Waals surface area contributed by atoms with Crippen molar-refractivity contribution in [2.45, 2.75) is 26.8 Å². The fraction of sp³-hybridized carbons (Fsp3) is 0.278. The van der Waals surface area contributed by atoms with Gasteiger partial charge in [-0.1, -0.05) is 12.1 Å². The van der Waals surface area contributed by atoms with E-state index in [2.05, 4.69) is 10.3 Å². The van der Waals surface area contributed by atoms with Gasteiger partial charge in [-0.15, -0.1) is 0 Å². The van der Waals surface area contributed by atoms with E-state index in [1.807, 2.05) is 51.1 Å². The van der Waals surface area contributed by atoms with Crippen molar-refractivity contribution in [3.05, 3.63) is 57.5 Å². The molecule has 0 aliphatic rings. The van der Waals surface area contributed by atoms with Gasteiger partial charge >= 0.3 is 6.03 Å². The van der Waals surface area contributed by atoms with E-state index in [1.165, 1.54) is 0 Å². The highest BCUT2D eigenvalue weighted by Crippen LogP contribution is 2.21. The van der Waals surface area contributed by atoms with E-state index >= 15 is 0 Å². The van der Waals surface area contributed by atoms with Gasteiger partial charge in [0.05, 0.1) is 18.5 Å². The predicted octanol–water partition coefficient (Wildman–Crippen LogP) is 3.40. The molecular formula is C18H19N3O3S. The number of ether oxygens (including phenoxy) is 1. The van der Waals surface area contributed by atoms with Crippen LogP contribution in [0.5, 0.6) is 5.75 Å². The molecule has 3 aromatic rings. The molecule has 1 aromatic carbocycles. The van der Waals surface area contributed by atoms with Crippen LogP contribution < -0.4 is 15.6 Å². The molecule has 0 aliphatic heterocycles. The van der Waals surface area contributed by atoms with Crippen molar-refractivity contribution >= 4 is 27.8 Å². The Kier molecular flexibility index (Phi) is 4.59. The highest BCUT2D eigenvalue weighted by Gasteiger charge is 2.19. The number of pyridine rings is 1. The van der Waals surface area contributed by atoms with Crippen LogP contribution in [-0.4, -0.2) is 22.1 Å². The highest BCUT2D eigenvalue weighted by atomic mass is 32.1. The van der Waals surface area contributed by atoms with E-state index < -0.39 is 6.03 Å². The van der Waals surface area contributed by atoms with E-state index in [9.17, 15) is 9.59 Å². The maximum Gasteiger partial charge on any atom is 0.338 e. The maximum absolute atomic E-state index is 12.6. The lowest BCUT2D eigenvalue weighted by Crippen LogP contribution is -2.34. The SMILES string of the molecule is COc1cccc([C@H](C)NC(=O)n2sc3nc(C)cc(C)c3c2=O)c1. The number of hydrogen-bond acceptors (Lipinski definition) is 5. The van der Waals surface area contributed by atoms with Gasteiger partial charge in [-0.05, 0) is 61.6 Å². The number of methoxy groups -OCH3 is 1. The Balaban J connectivity index is 1.91. The quantitative estimate of drug-likeness (QED) is 0.780. The first-order valence-corrected chi connectivity index (χ1v) is 8.63. The minimum Gasteiger partial charge on any atom is -0.497 e. The Morgan fingerprint density at radius 1 is 1.32 bits per heavy atom. The third kappa shape index (κ3) is 3.28. The number of rotatable bonds is 3. The van der Waals surface area contributed by atoms with Gasteiger partial charge in [0.2, 0.25) is 0 Å². The first kappa shape index (κ1) is 17.2. The zero-order chi connectivity index (χ0) is 18.1. The molecule has 0 saturated carbocycles. The summed E-state index contributed by atoms with van der Waals surface area (Å²) >= 11 is 1.06. The average molecular weight is 357 g/mol. The van der Waals surface area contributed by atoms with Crippen molar-refractivity contribution < 1.29 is 9.53 Å². The van der Waals surface area contributed by atoms with Crippen molar-refractivity contribution in [3.8, 4) is 5.75 Å². The van der Waals surface area contributed by atoms with Crippen LogP contribution in [0.1, 0.15) is 29.8 Å². The molecule has 1 atom stereocenters. The fourth-order valence-corrected chi connectivity index (χ4v) is 3.74. The highest BCUT2D eigenvalue weighted by molar-refractivity contribution is 7.14. The topological polar surface area (TPSA) is 73.2 Å². The van der Waals surface area contributed by atoms with E-state index in [1.54, 1.807) is 7.11 Å². The van der Waals surface area contributed by atoms with Gasteiger partial charge in [-0.2, -0.15) is 3.96 Å². The molecule has 0 bridgehead atoms. The largest absolute Gasteiger partial charge is 0.497 e. The van der Waals surface area contributed by atoms with E-state index in [4.69, 9.17) is 4.74 Å². The number of aromatic nitrogens is 2. The van der Waals surface area contributed by atoms with Crippen molar-refractivity contribution in [1.82, 2.24) is 14.3 Å². The van der Waals surface area contributed by atoms with Gasteiger partial charge in [0.25, 0.3) is 5.56 Å². The zero-order valence-corrected chi connectivity index (χ0v) is 15.3. The third-order valence-electron chi connectivity index (χ3n) is 4.01. The number of aryl methyl sites for hydroxylation is 2. The van der Waals surface area contributed by atoms with Crippen molar-refractivity contribution in [2.24, 2.45) is 0 Å². The van der Waals surface area contributed by atoms with Gasteiger partial charge in [0.15, 0.2) is 0 Å². The first-order valence-electron chi connectivity index (χ1n) is 7.86. The van der Waals surface area contributed by atoms with Gasteiger partial charge in [0, 0.05) is 5.69 Å². The molecule has 0 unspecified atom stereocenters. The number of benzene rings is 1. The number of carbonyl (C=O) groups is 1. The zero-order valence-electron chi connectivity index (χ0n) is 14.5. The van der Waals surface area contributed by atoms with Crippen LogP contribution >= 0.6 is 11.5 Å². The average Bonchev–Trinajstić information content (AvgIpc) is 2.91. The van der Waals surface area contributed by atoms with Gasteiger partial charge in [-0.3, -0.25) is 4.79 Å². The Hall–Kier alpha value is -2.67. The molecule has 0 aliphatic carbocycles. The molecule has 0 spiro atoms. The summed E-state index contributed by atoms with van der Waals surface area (Å²) in [5.41, 5.74) is 2.21. The molecule has 1 amide bonds. The second-order valence-corrected chi connectivity index (χ2v) is 6.83. The smallest absolute Gasteiger partial charge is 0.338 e. The summed E-state index contributed by atoms with van der Waals surface area (Å²) in [6.07, 6.45) is 0. The van der Waals surface area contributed by atoms with E-state index in [0.29, 0.717) is 16.0 Å². The predicted molar refractivity (Wildman–Crippen MR) is 98.7 cm³/mol. The summed E-state index contributed by atoms with van der Waals surface area (Å²) in [4.78, 5) is 30.1. The van der Waals surface area contributed by atoms with E-state index in [0.717, 1.165) is 32.3 Å². The summed E-state index contributed by atoms with van der Waals surface area (Å²) in [5, 5.41) is 3.35. The Labute approximate surface area is 149 Å². The summed E-state index contributed by atoms with van der Waals surface area (Å²) in [7, 11) is 1.59. The molecule has 7 heteroatoms. The molecule has 0 fully saturated rings. The van der Waals surface area contributed by atoms with Gasteiger partial charge in [0.1, 0.15) is 10.6 Å². The number of nitrogens with zero attached hydrogens (tertiary/aromatic N) is 2. The summed E-state index contributed by atoms with van der Waals surface area (Å²) in [6, 6.07) is 8.57. The number of fused-ring (bicyclic) bond motifs is 1. The van der Waals surface area contributed by atoms with Crippen LogP contribution in [0.3, 0.4) is 0 Å². The minimum atomic E-state index is -0.458. The minimum absolute atomic E-state index is 0.268. The summed E-state index contributed by atoms with van der Waals surface area (Å²) in [6.45, 7) is 5.58. The van der Waals surface area contributed by atoms with Crippen molar-refractivity contribution in [3.63, 3.8) is 0 Å². The lowest BCUT2D eigenvalue weighted by atomic mass is 10.1. The van der Waals surface area contributed by atoms with Crippen molar-refractivity contribution in [1.29, 1.82) is 0 Å². The standard InChI is InChI=1S/C18H19N3O3S/c1-10-8-11(2)19-16-15(10)17(22)21(25-16)18(23)20-12(3)13-6-5-7-14(9-13)24-4/h5-9,12H,1-4H3,(H,20,23)/t12-/m0/s1. The first-order chi connectivity index (χ1) is 11.9. The Morgan fingerprint density at radius 3 is 2.80 bits per heavy atom. The molecule has 2 heterocycles. The molecular weight excluding hydrogens is 338 g/mol. The molecule has 0 radical (unpaired) electrons. The van der Waals surface area contributed by atoms with Crippen LogP contribution in [0.2, 0.25) is 0 Å². The van der Waals surface area contributed by atoms with Crippen LogP contribution in [0.15, 0.2) is 35.1 Å². The number of amides is 1.